The van der Waals surface area contributed by atoms with Crippen molar-refractivity contribution in [2.75, 3.05) is 5.33 Å². The van der Waals surface area contributed by atoms with E-state index in [0.29, 0.717) is 4.83 Å². The predicted octanol–water partition coefficient (Wildman–Crippen LogP) is 9.04. The number of alkyl halides is 2. The van der Waals surface area contributed by atoms with Crippen LogP contribution in [0.3, 0.4) is 0 Å². The second-order valence-electron chi connectivity index (χ2n) is 6.50. The van der Waals surface area contributed by atoms with E-state index in [1.807, 2.05) is 0 Å². The smallest absolute Gasteiger partial charge is 0.0117 e. The molecule has 0 aliphatic carbocycles. The van der Waals surface area contributed by atoms with Crippen molar-refractivity contribution >= 4 is 31.9 Å². The van der Waals surface area contributed by atoms with Crippen molar-refractivity contribution in [3.8, 4) is 0 Å². The summed E-state index contributed by atoms with van der Waals surface area (Å²) in [6, 6.07) is 0. The van der Waals surface area contributed by atoms with Crippen molar-refractivity contribution in [1.29, 1.82) is 0 Å². The fourth-order valence-electron chi connectivity index (χ4n) is 2.43. The Morgan fingerprint density at radius 2 is 0.955 bits per heavy atom. The highest BCUT2D eigenvalue weighted by Crippen LogP contribution is 2.12. The van der Waals surface area contributed by atoms with Gasteiger partial charge in [0.2, 0.25) is 0 Å². The second kappa shape index (κ2) is 24.2. The van der Waals surface area contributed by atoms with Crippen LogP contribution < -0.4 is 0 Å². The molecule has 0 amide bonds. The van der Waals surface area contributed by atoms with Crippen LogP contribution >= 0.6 is 31.9 Å². The first-order chi connectivity index (χ1) is 10.7. The van der Waals surface area contributed by atoms with Gasteiger partial charge in [0.05, 0.1) is 0 Å². The lowest BCUT2D eigenvalue weighted by Crippen LogP contribution is -1.89. The SMILES string of the molecule is CCCCCCCCC(C)Br.CCCCCCCCCCBr. The van der Waals surface area contributed by atoms with Crippen LogP contribution in [0.5, 0.6) is 0 Å². The third kappa shape index (κ3) is 29.0. The molecule has 0 radical (unpaired) electrons. The van der Waals surface area contributed by atoms with Gasteiger partial charge >= 0.3 is 0 Å². The van der Waals surface area contributed by atoms with E-state index in [1.54, 1.807) is 0 Å². The van der Waals surface area contributed by atoms with E-state index in [0.717, 1.165) is 0 Å². The van der Waals surface area contributed by atoms with E-state index in [-0.39, 0.29) is 0 Å². The minimum Gasteiger partial charge on any atom is -0.0928 e. The van der Waals surface area contributed by atoms with Gasteiger partial charge in [0, 0.05) is 10.2 Å². The molecule has 0 aliphatic heterocycles. The zero-order chi connectivity index (χ0) is 16.9. The lowest BCUT2D eigenvalue weighted by atomic mass is 10.1. The summed E-state index contributed by atoms with van der Waals surface area (Å²) < 4.78 is 0. The zero-order valence-electron chi connectivity index (χ0n) is 15.6. The van der Waals surface area contributed by atoms with Crippen LogP contribution in [0.25, 0.3) is 0 Å². The maximum atomic E-state index is 3.56. The van der Waals surface area contributed by atoms with E-state index in [2.05, 4.69) is 52.6 Å². The van der Waals surface area contributed by atoms with Crippen LogP contribution in [0.15, 0.2) is 0 Å². The average molecular weight is 442 g/mol. The molecule has 2 heteroatoms. The first-order valence-corrected chi connectivity index (χ1v) is 11.9. The second-order valence-corrected chi connectivity index (χ2v) is 8.86. The summed E-state index contributed by atoms with van der Waals surface area (Å²) in [4.78, 5) is 0.716. The normalized spacial score (nSPS) is 11.9. The Kier molecular flexibility index (Phi) is 27.7. The summed E-state index contributed by atoms with van der Waals surface area (Å²) in [5, 5.41) is 1.18. The molecule has 0 nitrogen and oxygen atoms in total. The Bertz CT molecular complexity index is 161. The van der Waals surface area contributed by atoms with Gasteiger partial charge in [0.1, 0.15) is 0 Å². The first-order valence-electron chi connectivity index (χ1n) is 9.89. The fourth-order valence-corrected chi connectivity index (χ4v) is 3.15. The Morgan fingerprint density at radius 3 is 1.32 bits per heavy atom. The van der Waals surface area contributed by atoms with Gasteiger partial charge < -0.3 is 0 Å². The molecule has 0 N–H and O–H groups in total. The third-order valence-corrected chi connectivity index (χ3v) is 4.96. The van der Waals surface area contributed by atoms with Crippen molar-refractivity contribution in [3.63, 3.8) is 0 Å². The zero-order valence-corrected chi connectivity index (χ0v) is 18.8. The molecule has 0 aliphatic rings. The molecular weight excluding hydrogens is 400 g/mol. The number of rotatable bonds is 15. The highest BCUT2D eigenvalue weighted by atomic mass is 79.9. The highest BCUT2D eigenvalue weighted by Gasteiger charge is 1.94. The Morgan fingerprint density at radius 1 is 0.591 bits per heavy atom. The van der Waals surface area contributed by atoms with Gasteiger partial charge in [-0.3, -0.25) is 0 Å². The molecule has 22 heavy (non-hydrogen) atoms. The van der Waals surface area contributed by atoms with Gasteiger partial charge in [-0.15, -0.1) is 0 Å². The molecular formula is C20H42Br2. The molecule has 0 fully saturated rings. The quantitative estimate of drug-likeness (QED) is 0.175. The van der Waals surface area contributed by atoms with Gasteiger partial charge in [-0.25, -0.2) is 0 Å². The van der Waals surface area contributed by atoms with Gasteiger partial charge in [0.25, 0.3) is 0 Å². The van der Waals surface area contributed by atoms with Crippen LogP contribution in [-0.4, -0.2) is 10.2 Å². The molecule has 0 saturated carbocycles. The molecule has 0 bridgehead atoms. The molecule has 0 heterocycles. The van der Waals surface area contributed by atoms with Gasteiger partial charge in [-0.2, -0.15) is 0 Å². The summed E-state index contributed by atoms with van der Waals surface area (Å²) in [6.45, 7) is 6.76. The van der Waals surface area contributed by atoms with Crippen molar-refractivity contribution < 1.29 is 0 Å². The Balaban J connectivity index is 0. The number of halogens is 2. The van der Waals surface area contributed by atoms with Crippen LogP contribution in [0.2, 0.25) is 0 Å². The standard InChI is InChI=1S/2C10H21Br/c1-3-4-5-6-7-8-9-10(2)11;1-2-3-4-5-6-7-8-9-10-11/h10H,3-9H2,1-2H3;2-10H2,1H3. The van der Waals surface area contributed by atoms with Crippen molar-refractivity contribution in [2.24, 2.45) is 0 Å². The number of unbranched alkanes of at least 4 members (excludes halogenated alkanes) is 12. The van der Waals surface area contributed by atoms with Crippen LogP contribution in [-0.2, 0) is 0 Å². The number of hydrogen-bond acceptors (Lipinski definition) is 0. The van der Waals surface area contributed by atoms with Gasteiger partial charge in [0.15, 0.2) is 0 Å². The van der Waals surface area contributed by atoms with E-state index < -0.39 is 0 Å². The number of hydrogen-bond donors (Lipinski definition) is 0. The van der Waals surface area contributed by atoms with Crippen molar-refractivity contribution in [2.45, 2.75) is 122 Å². The van der Waals surface area contributed by atoms with E-state index in [1.165, 1.54) is 102 Å². The molecule has 0 spiro atoms. The van der Waals surface area contributed by atoms with Gasteiger partial charge in [-0.05, 0) is 12.8 Å². The summed E-state index contributed by atoms with van der Waals surface area (Å²) in [6.07, 6.45) is 21.2. The predicted molar refractivity (Wildman–Crippen MR) is 113 cm³/mol. The molecule has 0 aromatic heterocycles. The average Bonchev–Trinajstić information content (AvgIpc) is 2.50. The van der Waals surface area contributed by atoms with Crippen LogP contribution in [0.1, 0.15) is 117 Å². The first kappa shape index (κ1) is 25.2. The van der Waals surface area contributed by atoms with E-state index >= 15 is 0 Å². The fraction of sp³-hybridized carbons (Fsp3) is 1.00. The summed E-state index contributed by atoms with van der Waals surface area (Å²) in [5.74, 6) is 0. The molecule has 1 atom stereocenters. The minimum absolute atomic E-state index is 0.716. The van der Waals surface area contributed by atoms with Crippen molar-refractivity contribution in [1.82, 2.24) is 0 Å². The molecule has 136 valence electrons. The minimum atomic E-state index is 0.716. The topological polar surface area (TPSA) is 0 Å². The summed E-state index contributed by atoms with van der Waals surface area (Å²) in [7, 11) is 0. The molecule has 0 aromatic carbocycles. The van der Waals surface area contributed by atoms with E-state index in [4.69, 9.17) is 0 Å². The molecule has 0 saturated heterocycles. The lowest BCUT2D eigenvalue weighted by molar-refractivity contribution is 0.587. The highest BCUT2D eigenvalue weighted by molar-refractivity contribution is 9.09. The maximum absolute atomic E-state index is 3.56. The van der Waals surface area contributed by atoms with Crippen LogP contribution in [0.4, 0.5) is 0 Å². The summed E-state index contributed by atoms with van der Waals surface area (Å²) in [5.41, 5.74) is 0. The molecule has 0 rings (SSSR count). The monoisotopic (exact) mass is 440 g/mol. The molecule has 0 aromatic rings. The summed E-state index contributed by atoms with van der Waals surface area (Å²) >= 11 is 7.00. The Hall–Kier alpha value is 0.960. The third-order valence-electron chi connectivity index (χ3n) is 3.94. The Labute approximate surface area is 158 Å². The van der Waals surface area contributed by atoms with E-state index in [9.17, 15) is 0 Å². The largest absolute Gasteiger partial charge is 0.0928 e. The lowest BCUT2D eigenvalue weighted by Gasteiger charge is -2.02. The van der Waals surface area contributed by atoms with Gasteiger partial charge in [-0.1, -0.05) is 136 Å². The van der Waals surface area contributed by atoms with Crippen LogP contribution in [0, 0.1) is 0 Å². The van der Waals surface area contributed by atoms with Crippen molar-refractivity contribution in [3.05, 3.63) is 0 Å². The maximum Gasteiger partial charge on any atom is 0.0117 e. The molecule has 1 unspecified atom stereocenters.